The molecule has 1 aliphatic carbocycles. The van der Waals surface area contributed by atoms with Gasteiger partial charge in [0.05, 0.1) is 7.11 Å². The molecule has 6 nitrogen and oxygen atoms in total. The summed E-state index contributed by atoms with van der Waals surface area (Å²) in [6.07, 6.45) is 5.01. The number of nitrogens with one attached hydrogen (secondary N) is 2. The van der Waals surface area contributed by atoms with Crippen molar-refractivity contribution in [3.8, 4) is 17.1 Å². The molecule has 1 fully saturated rings. The second-order valence-corrected chi connectivity index (χ2v) is 7.41. The molecule has 26 heavy (non-hydrogen) atoms. The monoisotopic (exact) mass is 374 g/mol. The first-order valence-corrected chi connectivity index (χ1v) is 9.56. The van der Waals surface area contributed by atoms with Crippen molar-refractivity contribution in [2.75, 3.05) is 7.11 Å². The molecule has 2 aromatic rings. The van der Waals surface area contributed by atoms with Gasteiger partial charge in [-0.05, 0) is 55.2 Å². The van der Waals surface area contributed by atoms with Crippen molar-refractivity contribution in [3.05, 3.63) is 29.0 Å². The summed E-state index contributed by atoms with van der Waals surface area (Å²) in [5.74, 6) is 2.29. The van der Waals surface area contributed by atoms with Crippen molar-refractivity contribution in [1.82, 2.24) is 20.1 Å². The maximum absolute atomic E-state index is 12.4. The predicted octanol–water partition coefficient (Wildman–Crippen LogP) is 3.70. The smallest absolute Gasteiger partial charge is 0.222 e. The minimum Gasteiger partial charge on any atom is -0.497 e. The predicted molar refractivity (Wildman–Crippen MR) is 104 cm³/mol. The van der Waals surface area contributed by atoms with Crippen LogP contribution in [0.4, 0.5) is 0 Å². The van der Waals surface area contributed by atoms with E-state index in [9.17, 15) is 4.79 Å². The molecule has 1 heterocycles. The number of hydrogen-bond acceptors (Lipinski definition) is 4. The molecule has 1 aromatic heterocycles. The number of methoxy groups -OCH3 is 1. The van der Waals surface area contributed by atoms with E-state index in [0.29, 0.717) is 29.7 Å². The van der Waals surface area contributed by atoms with E-state index >= 15 is 0 Å². The highest BCUT2D eigenvalue weighted by Crippen LogP contribution is 2.24. The number of carbonyl (C=O) groups is 1. The van der Waals surface area contributed by atoms with Crippen LogP contribution >= 0.6 is 12.2 Å². The Morgan fingerprint density at radius 1 is 1.38 bits per heavy atom. The Bertz CT molecular complexity index is 797. The molecule has 2 N–H and O–H groups in total. The van der Waals surface area contributed by atoms with Gasteiger partial charge in [0, 0.05) is 24.6 Å². The first-order chi connectivity index (χ1) is 12.6. The van der Waals surface area contributed by atoms with Crippen LogP contribution in [0.15, 0.2) is 24.3 Å². The Balaban J connectivity index is 1.63. The third kappa shape index (κ3) is 4.52. The fourth-order valence-corrected chi connectivity index (χ4v) is 3.79. The van der Waals surface area contributed by atoms with E-state index in [1.807, 2.05) is 28.8 Å². The van der Waals surface area contributed by atoms with Gasteiger partial charge in [0.1, 0.15) is 5.75 Å². The number of ether oxygens (including phenoxy) is 1. The van der Waals surface area contributed by atoms with E-state index in [0.717, 1.165) is 30.0 Å². The number of aromatic nitrogens is 3. The largest absolute Gasteiger partial charge is 0.497 e. The Kier molecular flexibility index (Phi) is 6.08. The van der Waals surface area contributed by atoms with Crippen LogP contribution in [-0.2, 0) is 11.3 Å². The number of benzene rings is 1. The molecule has 1 aromatic carbocycles. The molecule has 7 heteroatoms. The maximum atomic E-state index is 12.4. The second-order valence-electron chi connectivity index (χ2n) is 7.02. The lowest BCUT2D eigenvalue weighted by Crippen LogP contribution is -2.38. The van der Waals surface area contributed by atoms with Gasteiger partial charge in [-0.25, -0.2) is 0 Å². The summed E-state index contributed by atoms with van der Waals surface area (Å²) in [6.45, 7) is 2.76. The van der Waals surface area contributed by atoms with Gasteiger partial charge in [0.2, 0.25) is 5.91 Å². The van der Waals surface area contributed by atoms with Crippen molar-refractivity contribution in [1.29, 1.82) is 0 Å². The zero-order valence-corrected chi connectivity index (χ0v) is 16.1. The Labute approximate surface area is 159 Å². The van der Waals surface area contributed by atoms with E-state index in [4.69, 9.17) is 17.0 Å². The van der Waals surface area contributed by atoms with Crippen molar-refractivity contribution < 1.29 is 9.53 Å². The van der Waals surface area contributed by atoms with Gasteiger partial charge >= 0.3 is 0 Å². The number of rotatable bonds is 6. The molecule has 0 saturated heterocycles. The lowest BCUT2D eigenvalue weighted by molar-refractivity contribution is -0.122. The van der Waals surface area contributed by atoms with Gasteiger partial charge < -0.3 is 10.1 Å². The highest BCUT2D eigenvalue weighted by atomic mass is 32.1. The summed E-state index contributed by atoms with van der Waals surface area (Å²) < 4.78 is 7.59. The third-order valence-electron chi connectivity index (χ3n) is 4.97. The molecular weight excluding hydrogens is 348 g/mol. The van der Waals surface area contributed by atoms with Crippen molar-refractivity contribution in [3.63, 3.8) is 0 Å². The maximum Gasteiger partial charge on any atom is 0.222 e. The average Bonchev–Trinajstić information content (AvgIpc) is 3.00. The summed E-state index contributed by atoms with van der Waals surface area (Å²) in [4.78, 5) is 12.4. The zero-order chi connectivity index (χ0) is 18.5. The first kappa shape index (κ1) is 18.6. The van der Waals surface area contributed by atoms with Crippen LogP contribution in [0.25, 0.3) is 11.4 Å². The highest BCUT2D eigenvalue weighted by Gasteiger charge is 2.20. The SMILES string of the molecule is COc1ccc(-c2n[nH]c(=S)n2CCC(=O)NC2CCCC(C)C2)cc1. The molecule has 2 atom stereocenters. The molecule has 2 unspecified atom stereocenters. The summed E-state index contributed by atoms with van der Waals surface area (Å²) in [6, 6.07) is 7.94. The summed E-state index contributed by atoms with van der Waals surface area (Å²) in [7, 11) is 1.64. The van der Waals surface area contributed by atoms with Crippen molar-refractivity contribution in [2.45, 2.75) is 51.6 Å². The number of nitrogens with zero attached hydrogens (tertiary/aromatic N) is 2. The van der Waals surface area contributed by atoms with Gasteiger partial charge in [-0.3, -0.25) is 14.5 Å². The van der Waals surface area contributed by atoms with E-state index in [1.165, 1.54) is 12.8 Å². The minimum absolute atomic E-state index is 0.0767. The molecule has 1 saturated carbocycles. The molecule has 0 spiro atoms. The molecule has 1 amide bonds. The highest BCUT2D eigenvalue weighted by molar-refractivity contribution is 7.71. The van der Waals surface area contributed by atoms with E-state index in [1.54, 1.807) is 7.11 Å². The molecule has 140 valence electrons. The quantitative estimate of drug-likeness (QED) is 0.756. The van der Waals surface area contributed by atoms with Crippen molar-refractivity contribution >= 4 is 18.1 Å². The van der Waals surface area contributed by atoms with E-state index < -0.39 is 0 Å². The summed E-state index contributed by atoms with van der Waals surface area (Å²) in [5.41, 5.74) is 0.930. The number of H-pyrrole nitrogens is 1. The summed E-state index contributed by atoms with van der Waals surface area (Å²) >= 11 is 5.34. The zero-order valence-electron chi connectivity index (χ0n) is 15.3. The second kappa shape index (κ2) is 8.49. The molecule has 3 rings (SSSR count). The lowest BCUT2D eigenvalue weighted by atomic mass is 9.87. The Morgan fingerprint density at radius 2 is 2.15 bits per heavy atom. The van der Waals surface area contributed by atoms with Crippen molar-refractivity contribution in [2.24, 2.45) is 5.92 Å². The number of aromatic amines is 1. The molecule has 1 aliphatic rings. The topological polar surface area (TPSA) is 71.9 Å². The number of carbonyl (C=O) groups excluding carboxylic acids is 1. The molecule has 0 radical (unpaired) electrons. The lowest BCUT2D eigenvalue weighted by Gasteiger charge is -2.27. The van der Waals surface area contributed by atoms with Crippen LogP contribution in [0.2, 0.25) is 0 Å². The molecular formula is C19H26N4O2S. The van der Waals surface area contributed by atoms with Crippen LogP contribution in [0, 0.1) is 10.7 Å². The van der Waals surface area contributed by atoms with Crippen LogP contribution in [-0.4, -0.2) is 33.8 Å². The molecule has 0 aliphatic heterocycles. The van der Waals surface area contributed by atoms with Gasteiger partial charge in [0.15, 0.2) is 10.6 Å². The molecule has 0 bridgehead atoms. The van der Waals surface area contributed by atoms with Crippen LogP contribution < -0.4 is 10.1 Å². The normalized spacial score (nSPS) is 19.9. The van der Waals surface area contributed by atoms with Crippen LogP contribution in [0.1, 0.15) is 39.0 Å². The fraction of sp³-hybridized carbons (Fsp3) is 0.526. The van der Waals surface area contributed by atoms with Gasteiger partial charge in [-0.1, -0.05) is 19.8 Å². The van der Waals surface area contributed by atoms with E-state index in [-0.39, 0.29) is 5.91 Å². The van der Waals surface area contributed by atoms with Crippen LogP contribution in [0.3, 0.4) is 0 Å². The Hall–Kier alpha value is -2.15. The Morgan fingerprint density at radius 3 is 2.85 bits per heavy atom. The minimum atomic E-state index is 0.0767. The summed E-state index contributed by atoms with van der Waals surface area (Å²) in [5, 5.41) is 10.3. The van der Waals surface area contributed by atoms with Gasteiger partial charge in [0.25, 0.3) is 0 Å². The first-order valence-electron chi connectivity index (χ1n) is 9.16. The van der Waals surface area contributed by atoms with Crippen LogP contribution in [0.5, 0.6) is 5.75 Å². The van der Waals surface area contributed by atoms with E-state index in [2.05, 4.69) is 22.4 Å². The number of amides is 1. The van der Waals surface area contributed by atoms with Gasteiger partial charge in [-0.15, -0.1) is 0 Å². The average molecular weight is 375 g/mol. The fourth-order valence-electron chi connectivity index (χ4n) is 3.56. The number of hydrogen-bond donors (Lipinski definition) is 2. The van der Waals surface area contributed by atoms with Gasteiger partial charge in [-0.2, -0.15) is 5.10 Å². The standard InChI is InChI=1S/C19H26N4O2S/c1-13-4-3-5-15(12-13)20-17(24)10-11-23-18(21-22-19(23)26)14-6-8-16(25-2)9-7-14/h6-9,13,15H,3-5,10-12H2,1-2H3,(H,20,24)(H,22,26). The third-order valence-corrected chi connectivity index (χ3v) is 5.28.